The summed E-state index contributed by atoms with van der Waals surface area (Å²) in [5.41, 5.74) is 0. The third-order valence-corrected chi connectivity index (χ3v) is 2.86. The summed E-state index contributed by atoms with van der Waals surface area (Å²) < 4.78 is 4.91. The van der Waals surface area contributed by atoms with E-state index in [-0.39, 0.29) is 37.0 Å². The molecule has 1 amide bonds. The monoisotopic (exact) mass is 272 g/mol. The second kappa shape index (κ2) is 8.91. The number of rotatable bonds is 8. The van der Waals surface area contributed by atoms with Gasteiger partial charge in [0.1, 0.15) is 0 Å². The van der Waals surface area contributed by atoms with E-state index in [0.717, 1.165) is 0 Å². The van der Waals surface area contributed by atoms with Gasteiger partial charge in [-0.05, 0) is 41.2 Å². The first kappa shape index (κ1) is 17.9. The Morgan fingerprint density at radius 3 is 1.89 bits per heavy atom. The molecule has 5 heteroatoms. The Morgan fingerprint density at radius 2 is 1.53 bits per heavy atom. The third kappa shape index (κ3) is 6.57. The molecular weight excluding hydrogens is 244 g/mol. The minimum Gasteiger partial charge on any atom is -0.465 e. The lowest BCUT2D eigenvalue weighted by Crippen LogP contribution is -2.48. The van der Waals surface area contributed by atoms with Gasteiger partial charge in [-0.3, -0.25) is 14.5 Å². The van der Waals surface area contributed by atoms with Crippen molar-refractivity contribution >= 4 is 11.9 Å². The summed E-state index contributed by atoms with van der Waals surface area (Å²) >= 11 is 0. The van der Waals surface area contributed by atoms with Crippen LogP contribution in [0.5, 0.6) is 0 Å². The second-order valence-corrected chi connectivity index (χ2v) is 5.10. The quantitative estimate of drug-likeness (QED) is 0.629. The number of carbonyl (C=O) groups excluding carboxylic acids is 2. The van der Waals surface area contributed by atoms with Gasteiger partial charge in [-0.1, -0.05) is 6.92 Å². The number of hydrogen-bond donors (Lipinski definition) is 0. The van der Waals surface area contributed by atoms with Gasteiger partial charge in [-0.2, -0.15) is 0 Å². The van der Waals surface area contributed by atoms with Crippen LogP contribution in [0.15, 0.2) is 0 Å². The molecule has 0 aromatic rings. The highest BCUT2D eigenvalue weighted by Gasteiger charge is 2.22. The number of hydrogen-bond acceptors (Lipinski definition) is 4. The molecule has 0 N–H and O–H groups in total. The molecule has 0 fully saturated rings. The van der Waals surface area contributed by atoms with Crippen LogP contribution in [0.3, 0.4) is 0 Å². The van der Waals surface area contributed by atoms with Gasteiger partial charge in [0.25, 0.3) is 0 Å². The molecule has 0 saturated carbocycles. The van der Waals surface area contributed by atoms with Crippen LogP contribution in [0.1, 0.15) is 41.5 Å². The SMILES string of the molecule is CCOC(=O)CN(CC)CC(=O)N(C(C)C)C(C)C. The lowest BCUT2D eigenvalue weighted by Gasteiger charge is -2.32. The Hall–Kier alpha value is -1.10. The fraction of sp³-hybridized carbons (Fsp3) is 0.857. The van der Waals surface area contributed by atoms with Gasteiger partial charge in [0.2, 0.25) is 5.91 Å². The maximum atomic E-state index is 12.3. The molecule has 0 heterocycles. The minimum atomic E-state index is -0.280. The van der Waals surface area contributed by atoms with Gasteiger partial charge in [-0.15, -0.1) is 0 Å². The zero-order valence-corrected chi connectivity index (χ0v) is 13.1. The maximum Gasteiger partial charge on any atom is 0.320 e. The molecule has 0 aliphatic carbocycles. The Bertz CT molecular complexity index is 282. The summed E-state index contributed by atoms with van der Waals surface area (Å²) in [7, 11) is 0. The van der Waals surface area contributed by atoms with Gasteiger partial charge in [-0.25, -0.2) is 0 Å². The van der Waals surface area contributed by atoms with E-state index in [1.165, 1.54) is 0 Å². The Labute approximate surface area is 116 Å². The zero-order chi connectivity index (χ0) is 15.0. The van der Waals surface area contributed by atoms with Gasteiger partial charge in [0.15, 0.2) is 0 Å². The molecule has 0 aliphatic rings. The number of amides is 1. The largest absolute Gasteiger partial charge is 0.465 e. The van der Waals surface area contributed by atoms with E-state index in [0.29, 0.717) is 13.2 Å². The first-order chi connectivity index (χ1) is 8.83. The lowest BCUT2D eigenvalue weighted by molar-refractivity contribution is -0.145. The molecule has 0 rings (SSSR count). The van der Waals surface area contributed by atoms with Crippen molar-refractivity contribution in [3.8, 4) is 0 Å². The molecule has 5 nitrogen and oxygen atoms in total. The Kier molecular flexibility index (Phi) is 8.39. The van der Waals surface area contributed by atoms with Crippen LogP contribution < -0.4 is 0 Å². The van der Waals surface area contributed by atoms with E-state index in [4.69, 9.17) is 4.74 Å². The lowest BCUT2D eigenvalue weighted by atomic mass is 10.2. The predicted octanol–water partition coefficient (Wildman–Crippen LogP) is 1.52. The number of ether oxygens (including phenoxy) is 1. The van der Waals surface area contributed by atoms with E-state index in [2.05, 4.69) is 0 Å². The first-order valence-corrected chi connectivity index (χ1v) is 7.02. The number of esters is 1. The van der Waals surface area contributed by atoms with Crippen molar-refractivity contribution in [3.05, 3.63) is 0 Å². The van der Waals surface area contributed by atoms with E-state index in [9.17, 15) is 9.59 Å². The summed E-state index contributed by atoms with van der Waals surface area (Å²) in [5.74, 6) is -0.228. The van der Waals surface area contributed by atoms with E-state index in [1.54, 1.807) is 11.8 Å². The molecule has 0 unspecified atom stereocenters. The fourth-order valence-corrected chi connectivity index (χ4v) is 2.11. The summed E-state index contributed by atoms with van der Waals surface area (Å²) in [6.45, 7) is 13.1. The highest BCUT2D eigenvalue weighted by Crippen LogP contribution is 2.06. The second-order valence-electron chi connectivity index (χ2n) is 5.10. The van der Waals surface area contributed by atoms with Crippen LogP contribution >= 0.6 is 0 Å². The molecule has 112 valence electrons. The molecule has 0 aromatic carbocycles. The number of nitrogens with zero attached hydrogens (tertiary/aromatic N) is 2. The van der Waals surface area contributed by atoms with Gasteiger partial charge < -0.3 is 9.64 Å². The molecular formula is C14H28N2O3. The Morgan fingerprint density at radius 1 is 1.00 bits per heavy atom. The predicted molar refractivity (Wildman–Crippen MR) is 75.9 cm³/mol. The summed E-state index contributed by atoms with van der Waals surface area (Å²) in [6.07, 6.45) is 0. The van der Waals surface area contributed by atoms with Gasteiger partial charge in [0, 0.05) is 12.1 Å². The highest BCUT2D eigenvalue weighted by atomic mass is 16.5. The van der Waals surface area contributed by atoms with Crippen molar-refractivity contribution in [3.63, 3.8) is 0 Å². The van der Waals surface area contributed by atoms with Gasteiger partial charge >= 0.3 is 5.97 Å². The molecule has 0 aromatic heterocycles. The van der Waals surface area contributed by atoms with Gasteiger partial charge in [0.05, 0.1) is 19.7 Å². The number of likely N-dealkylation sites (N-methyl/N-ethyl adjacent to an activating group) is 1. The molecule has 0 aliphatic heterocycles. The van der Waals surface area contributed by atoms with Crippen molar-refractivity contribution < 1.29 is 14.3 Å². The van der Waals surface area contributed by atoms with Crippen molar-refractivity contribution in [2.24, 2.45) is 0 Å². The topological polar surface area (TPSA) is 49.9 Å². The molecule has 19 heavy (non-hydrogen) atoms. The van der Waals surface area contributed by atoms with Crippen molar-refractivity contribution in [2.75, 3.05) is 26.2 Å². The summed E-state index contributed by atoms with van der Waals surface area (Å²) in [6, 6.07) is 0.322. The average molecular weight is 272 g/mol. The fourth-order valence-electron chi connectivity index (χ4n) is 2.11. The first-order valence-electron chi connectivity index (χ1n) is 7.02. The summed E-state index contributed by atoms with van der Waals surface area (Å²) in [5, 5.41) is 0. The molecule has 0 radical (unpaired) electrons. The molecule has 0 saturated heterocycles. The molecule has 0 atom stereocenters. The van der Waals surface area contributed by atoms with E-state index < -0.39 is 0 Å². The normalized spacial score (nSPS) is 11.2. The highest BCUT2D eigenvalue weighted by molar-refractivity contribution is 5.80. The minimum absolute atomic E-state index is 0.0520. The van der Waals surface area contributed by atoms with Crippen LogP contribution in [-0.4, -0.2) is 60.0 Å². The van der Waals surface area contributed by atoms with Crippen molar-refractivity contribution in [1.82, 2.24) is 9.80 Å². The van der Waals surface area contributed by atoms with Crippen LogP contribution in [0.2, 0.25) is 0 Å². The van der Waals surface area contributed by atoms with Crippen molar-refractivity contribution in [1.29, 1.82) is 0 Å². The van der Waals surface area contributed by atoms with Crippen LogP contribution in [0, 0.1) is 0 Å². The van der Waals surface area contributed by atoms with Crippen molar-refractivity contribution in [2.45, 2.75) is 53.6 Å². The maximum absolute atomic E-state index is 12.3. The standard InChI is InChI=1S/C14H28N2O3/c1-7-15(10-14(18)19-8-2)9-13(17)16(11(3)4)12(5)6/h11-12H,7-10H2,1-6H3. The summed E-state index contributed by atoms with van der Waals surface area (Å²) in [4.78, 5) is 27.4. The third-order valence-electron chi connectivity index (χ3n) is 2.86. The number of carbonyl (C=O) groups is 2. The average Bonchev–Trinajstić information content (AvgIpc) is 2.27. The van der Waals surface area contributed by atoms with E-state index in [1.807, 2.05) is 39.5 Å². The zero-order valence-electron chi connectivity index (χ0n) is 13.1. The molecule has 0 bridgehead atoms. The van der Waals surface area contributed by atoms with E-state index >= 15 is 0 Å². The Balaban J connectivity index is 4.52. The van der Waals surface area contributed by atoms with Crippen LogP contribution in [-0.2, 0) is 14.3 Å². The van der Waals surface area contributed by atoms with Crippen LogP contribution in [0.25, 0.3) is 0 Å². The smallest absolute Gasteiger partial charge is 0.320 e. The molecule has 0 spiro atoms. The van der Waals surface area contributed by atoms with Crippen LogP contribution in [0.4, 0.5) is 0 Å².